The van der Waals surface area contributed by atoms with Crippen LogP contribution in [-0.4, -0.2) is 22.9 Å². The van der Waals surface area contributed by atoms with Gasteiger partial charge in [-0.2, -0.15) is 5.26 Å². The van der Waals surface area contributed by atoms with Crippen LogP contribution in [-0.2, 0) is 10.9 Å². The van der Waals surface area contributed by atoms with Gasteiger partial charge in [0.15, 0.2) is 0 Å². The minimum atomic E-state index is -0.457. The van der Waals surface area contributed by atoms with Gasteiger partial charge in [0.1, 0.15) is 5.15 Å². The summed E-state index contributed by atoms with van der Waals surface area (Å²) in [6, 6.07) is 3.68. The molecule has 6 heteroatoms. The lowest BCUT2D eigenvalue weighted by Gasteiger charge is -2.22. The maximum atomic E-state index is 8.75. The van der Waals surface area contributed by atoms with Gasteiger partial charge in [-0.25, -0.2) is 9.29 Å². The Morgan fingerprint density at radius 1 is 1.65 bits per heavy atom. The molecule has 0 saturated carbocycles. The highest BCUT2D eigenvalue weighted by Crippen LogP contribution is 2.23. The molecule has 0 aliphatic rings. The molecule has 92 valence electrons. The van der Waals surface area contributed by atoms with E-state index >= 15 is 0 Å². The van der Waals surface area contributed by atoms with E-state index in [4.69, 9.17) is 16.9 Å². The highest BCUT2D eigenvalue weighted by Gasteiger charge is 2.15. The second-order valence-corrected chi connectivity index (χ2v) is 5.97. The molecule has 0 bridgehead atoms. The summed E-state index contributed by atoms with van der Waals surface area (Å²) in [4.78, 5) is 4.05. The van der Waals surface area contributed by atoms with E-state index in [0.717, 1.165) is 12.1 Å². The van der Waals surface area contributed by atoms with Crippen molar-refractivity contribution in [3.63, 3.8) is 0 Å². The first-order valence-corrected chi connectivity index (χ1v) is 6.83. The molecule has 2 atom stereocenters. The van der Waals surface area contributed by atoms with Crippen molar-refractivity contribution >= 4 is 22.5 Å². The van der Waals surface area contributed by atoms with Crippen LogP contribution in [0.2, 0.25) is 5.15 Å². The second-order valence-electron chi connectivity index (χ2n) is 3.48. The lowest BCUT2D eigenvalue weighted by Crippen LogP contribution is -2.24. The zero-order chi connectivity index (χ0) is 12.8. The van der Waals surface area contributed by atoms with Crippen LogP contribution in [0.4, 0.5) is 0 Å². The minimum Gasteiger partial charge on any atom is -0.244 e. The second kappa shape index (κ2) is 6.70. The smallest absolute Gasteiger partial charge is 0.213 e. The van der Waals surface area contributed by atoms with Gasteiger partial charge in [-0.15, -0.1) is 4.36 Å². The van der Waals surface area contributed by atoms with Gasteiger partial charge in [0.25, 0.3) is 0 Å². The van der Waals surface area contributed by atoms with E-state index in [1.807, 2.05) is 33.2 Å². The summed E-state index contributed by atoms with van der Waals surface area (Å²) in [7, 11) is 1.50. The zero-order valence-electron chi connectivity index (χ0n) is 10.1. The number of hydrogen-bond donors (Lipinski definition) is 0. The van der Waals surface area contributed by atoms with E-state index in [2.05, 4.69) is 13.7 Å². The molecule has 0 N–H and O–H groups in total. The Kier molecular flexibility index (Phi) is 5.56. The Morgan fingerprint density at radius 3 is 2.82 bits per heavy atom. The van der Waals surface area contributed by atoms with E-state index in [1.165, 1.54) is 0 Å². The van der Waals surface area contributed by atoms with Crippen molar-refractivity contribution in [2.75, 3.05) is 13.6 Å². The van der Waals surface area contributed by atoms with Crippen LogP contribution in [0.5, 0.6) is 0 Å². The first kappa shape index (κ1) is 14.1. The van der Waals surface area contributed by atoms with E-state index in [1.54, 1.807) is 12.3 Å². The molecule has 0 aliphatic carbocycles. The Hall–Kier alpha value is -0.960. The average molecular weight is 271 g/mol. The van der Waals surface area contributed by atoms with Crippen LogP contribution in [0.1, 0.15) is 24.7 Å². The van der Waals surface area contributed by atoms with E-state index in [-0.39, 0.29) is 5.25 Å². The number of pyridine rings is 1. The van der Waals surface area contributed by atoms with Crippen molar-refractivity contribution in [1.82, 2.24) is 9.29 Å². The Labute approximate surface area is 109 Å². The third-order valence-electron chi connectivity index (χ3n) is 2.43. The molecular formula is C11H15ClN4S. The molecule has 1 heterocycles. The van der Waals surface area contributed by atoms with Crippen molar-refractivity contribution in [2.24, 2.45) is 4.36 Å². The van der Waals surface area contributed by atoms with Gasteiger partial charge in [0, 0.05) is 12.7 Å². The molecule has 1 rings (SSSR count). The summed E-state index contributed by atoms with van der Waals surface area (Å²) in [6.45, 7) is 4.93. The molecule has 4 nitrogen and oxygen atoms in total. The van der Waals surface area contributed by atoms with Crippen LogP contribution in [0.15, 0.2) is 22.7 Å². The lowest BCUT2D eigenvalue weighted by molar-refractivity contribution is 0.588. The normalized spacial score (nSPS) is 14.6. The average Bonchev–Trinajstić information content (AvgIpc) is 2.35. The SMILES string of the molecule is CCN(C)S(=NC#N)C(C)c1ccc(Cl)nc1. The van der Waals surface area contributed by atoms with Gasteiger partial charge >= 0.3 is 0 Å². The third kappa shape index (κ3) is 3.77. The molecule has 0 fully saturated rings. The van der Waals surface area contributed by atoms with Gasteiger partial charge in [-0.3, -0.25) is 0 Å². The highest BCUT2D eigenvalue weighted by atomic mass is 35.5. The van der Waals surface area contributed by atoms with Gasteiger partial charge in [-0.05, 0) is 36.5 Å². The predicted molar refractivity (Wildman–Crippen MR) is 71.4 cm³/mol. The maximum Gasteiger partial charge on any atom is 0.213 e. The van der Waals surface area contributed by atoms with E-state index < -0.39 is 10.9 Å². The molecule has 0 aliphatic heterocycles. The van der Waals surface area contributed by atoms with Gasteiger partial charge < -0.3 is 0 Å². The van der Waals surface area contributed by atoms with Gasteiger partial charge in [0.2, 0.25) is 6.19 Å². The molecule has 1 aromatic heterocycles. The minimum absolute atomic E-state index is 0.129. The van der Waals surface area contributed by atoms with Crippen LogP contribution < -0.4 is 0 Å². The topological polar surface area (TPSA) is 52.3 Å². The number of nitrogens with zero attached hydrogens (tertiary/aromatic N) is 4. The maximum absolute atomic E-state index is 8.75. The fourth-order valence-electron chi connectivity index (χ4n) is 1.34. The Morgan fingerprint density at radius 2 is 2.35 bits per heavy atom. The molecule has 0 amide bonds. The van der Waals surface area contributed by atoms with Crippen molar-refractivity contribution < 1.29 is 0 Å². The Balaban J connectivity index is 3.01. The predicted octanol–water partition coefficient (Wildman–Crippen LogP) is 2.95. The number of nitriles is 1. The molecular weight excluding hydrogens is 256 g/mol. The van der Waals surface area contributed by atoms with E-state index in [0.29, 0.717) is 5.15 Å². The number of hydrogen-bond acceptors (Lipinski definition) is 3. The number of halogens is 1. The van der Waals surface area contributed by atoms with Crippen molar-refractivity contribution in [3.05, 3.63) is 29.0 Å². The summed E-state index contributed by atoms with van der Waals surface area (Å²) in [5.41, 5.74) is 1.04. The largest absolute Gasteiger partial charge is 0.244 e. The van der Waals surface area contributed by atoms with Crippen molar-refractivity contribution in [2.45, 2.75) is 19.1 Å². The van der Waals surface area contributed by atoms with Crippen LogP contribution in [0, 0.1) is 11.5 Å². The van der Waals surface area contributed by atoms with Crippen LogP contribution in [0.3, 0.4) is 0 Å². The molecule has 1 aromatic rings. The van der Waals surface area contributed by atoms with Crippen LogP contribution >= 0.6 is 11.6 Å². The summed E-state index contributed by atoms with van der Waals surface area (Å²) in [5, 5.41) is 9.35. The quantitative estimate of drug-likeness (QED) is 0.624. The molecule has 2 unspecified atom stereocenters. The third-order valence-corrected chi connectivity index (χ3v) is 4.73. The first-order chi connectivity index (χ1) is 8.10. The van der Waals surface area contributed by atoms with Crippen molar-refractivity contribution in [1.29, 1.82) is 5.26 Å². The summed E-state index contributed by atoms with van der Waals surface area (Å²) in [5.74, 6) is 0. The first-order valence-electron chi connectivity index (χ1n) is 5.25. The zero-order valence-corrected chi connectivity index (χ0v) is 11.7. The standard InChI is InChI=1S/C11H15ClN4S/c1-4-16(3)17(15-8-13)9(2)10-5-6-11(12)14-7-10/h5-7,9H,4H2,1-3H3. The fourth-order valence-corrected chi connectivity index (χ4v) is 3.02. The van der Waals surface area contributed by atoms with Gasteiger partial charge in [-0.1, -0.05) is 24.6 Å². The number of aromatic nitrogens is 1. The van der Waals surface area contributed by atoms with Crippen LogP contribution in [0.25, 0.3) is 0 Å². The molecule has 0 saturated heterocycles. The molecule has 17 heavy (non-hydrogen) atoms. The number of rotatable bonds is 4. The molecule has 0 spiro atoms. The molecule has 0 aromatic carbocycles. The van der Waals surface area contributed by atoms with Crippen molar-refractivity contribution in [3.8, 4) is 6.19 Å². The highest BCUT2D eigenvalue weighted by molar-refractivity contribution is 7.85. The molecule has 0 radical (unpaired) electrons. The Bertz CT molecular complexity index is 438. The van der Waals surface area contributed by atoms with E-state index in [9.17, 15) is 0 Å². The summed E-state index contributed by atoms with van der Waals surface area (Å²) >= 11 is 5.75. The summed E-state index contributed by atoms with van der Waals surface area (Å²) < 4.78 is 6.05. The van der Waals surface area contributed by atoms with Gasteiger partial charge in [0.05, 0.1) is 5.25 Å². The monoisotopic (exact) mass is 270 g/mol. The summed E-state index contributed by atoms with van der Waals surface area (Å²) in [6.07, 6.45) is 3.63. The lowest BCUT2D eigenvalue weighted by atomic mass is 10.2. The fraction of sp³-hybridized carbons (Fsp3) is 0.455.